The minimum Gasteiger partial charge on any atom is -0.476 e. The Morgan fingerprint density at radius 1 is 1.29 bits per heavy atom. The Morgan fingerprint density at radius 3 is 2.62 bits per heavy atom. The Labute approximate surface area is 134 Å². The Morgan fingerprint density at radius 2 is 2.04 bits per heavy atom. The van der Waals surface area contributed by atoms with Gasteiger partial charge in [-0.3, -0.25) is 9.59 Å². The number of ether oxygens (including phenoxy) is 1. The van der Waals surface area contributed by atoms with Gasteiger partial charge in [-0.2, -0.15) is 13.2 Å². The fourth-order valence-electron chi connectivity index (χ4n) is 1.80. The molecule has 128 valence electrons. The number of hydrogen-bond donors (Lipinski definition) is 2. The molecule has 0 spiro atoms. The largest absolute Gasteiger partial charge is 0.476 e. The Balaban J connectivity index is 1.82. The van der Waals surface area contributed by atoms with E-state index in [1.165, 1.54) is 6.07 Å². The maximum absolute atomic E-state index is 12.4. The van der Waals surface area contributed by atoms with Crippen molar-refractivity contribution in [1.29, 1.82) is 0 Å². The second-order valence-corrected chi connectivity index (χ2v) is 4.87. The summed E-state index contributed by atoms with van der Waals surface area (Å²) in [6, 6.07) is 4.95. The Bertz CT molecular complexity index is 770. The highest BCUT2D eigenvalue weighted by atomic mass is 19.4. The molecule has 2 rings (SSSR count). The zero-order valence-electron chi connectivity index (χ0n) is 12.6. The molecule has 0 aliphatic heterocycles. The van der Waals surface area contributed by atoms with Crippen LogP contribution in [0.4, 0.5) is 13.2 Å². The second-order valence-electron chi connectivity index (χ2n) is 4.87. The van der Waals surface area contributed by atoms with E-state index in [4.69, 9.17) is 4.74 Å². The summed E-state index contributed by atoms with van der Waals surface area (Å²) in [6.45, 7) is 1.75. The minimum absolute atomic E-state index is 0.00503. The van der Waals surface area contributed by atoms with Crippen LogP contribution >= 0.6 is 0 Å². The van der Waals surface area contributed by atoms with Crippen LogP contribution in [-0.2, 0) is 6.18 Å². The van der Waals surface area contributed by atoms with Crippen LogP contribution in [0.2, 0.25) is 0 Å². The van der Waals surface area contributed by atoms with Crippen molar-refractivity contribution in [3.05, 3.63) is 57.6 Å². The molecule has 0 saturated carbocycles. The average Bonchev–Trinajstić information content (AvgIpc) is 2.51. The van der Waals surface area contributed by atoms with Crippen LogP contribution in [0.3, 0.4) is 0 Å². The summed E-state index contributed by atoms with van der Waals surface area (Å²) in [4.78, 5) is 29.5. The van der Waals surface area contributed by atoms with Gasteiger partial charge < -0.3 is 15.0 Å². The SMILES string of the molecule is Cc1ccc(C(=O)NCCOc2ccc(C(F)(F)F)cn2)c(=O)[nH]1. The number of carbonyl (C=O) groups is 1. The molecule has 9 heteroatoms. The monoisotopic (exact) mass is 341 g/mol. The van der Waals surface area contributed by atoms with Crippen molar-refractivity contribution in [2.24, 2.45) is 0 Å². The number of nitrogens with zero attached hydrogens (tertiary/aromatic N) is 1. The van der Waals surface area contributed by atoms with Gasteiger partial charge in [0.05, 0.1) is 12.1 Å². The predicted octanol–water partition coefficient (Wildman–Crippen LogP) is 1.91. The van der Waals surface area contributed by atoms with Gasteiger partial charge >= 0.3 is 6.18 Å². The number of halogens is 3. The van der Waals surface area contributed by atoms with E-state index >= 15 is 0 Å². The first-order valence-corrected chi connectivity index (χ1v) is 6.91. The number of hydrogen-bond acceptors (Lipinski definition) is 4. The van der Waals surface area contributed by atoms with Gasteiger partial charge in [0.1, 0.15) is 12.2 Å². The van der Waals surface area contributed by atoms with Gasteiger partial charge in [0.25, 0.3) is 11.5 Å². The quantitative estimate of drug-likeness (QED) is 0.814. The normalized spacial score (nSPS) is 11.2. The third-order valence-corrected chi connectivity index (χ3v) is 3.00. The fourth-order valence-corrected chi connectivity index (χ4v) is 1.80. The second kappa shape index (κ2) is 7.16. The number of alkyl halides is 3. The van der Waals surface area contributed by atoms with Gasteiger partial charge in [0, 0.05) is 18.0 Å². The maximum Gasteiger partial charge on any atom is 0.417 e. The molecular weight excluding hydrogens is 327 g/mol. The van der Waals surface area contributed by atoms with Crippen molar-refractivity contribution in [3.8, 4) is 5.88 Å². The number of rotatable bonds is 5. The molecule has 1 amide bonds. The van der Waals surface area contributed by atoms with Crippen LogP contribution in [0.1, 0.15) is 21.6 Å². The van der Waals surface area contributed by atoms with Crippen LogP contribution < -0.4 is 15.6 Å². The zero-order chi connectivity index (χ0) is 17.7. The maximum atomic E-state index is 12.4. The lowest BCUT2D eigenvalue weighted by Gasteiger charge is -2.09. The van der Waals surface area contributed by atoms with Crippen LogP contribution in [0, 0.1) is 6.92 Å². The summed E-state index contributed by atoms with van der Waals surface area (Å²) in [6.07, 6.45) is -3.79. The number of aromatic nitrogens is 2. The summed E-state index contributed by atoms with van der Waals surface area (Å²) in [7, 11) is 0. The highest BCUT2D eigenvalue weighted by Gasteiger charge is 2.30. The summed E-state index contributed by atoms with van der Waals surface area (Å²) in [5.74, 6) is -0.564. The zero-order valence-corrected chi connectivity index (χ0v) is 12.6. The van der Waals surface area contributed by atoms with Crippen molar-refractivity contribution in [2.75, 3.05) is 13.2 Å². The molecule has 2 aromatic rings. The molecule has 0 radical (unpaired) electrons. The summed E-state index contributed by atoms with van der Waals surface area (Å²) in [5.41, 5.74) is -0.777. The van der Waals surface area contributed by atoms with E-state index < -0.39 is 23.2 Å². The molecule has 0 aromatic carbocycles. The van der Waals surface area contributed by atoms with Crippen LogP contribution in [0.25, 0.3) is 0 Å². The number of carbonyl (C=O) groups excluding carboxylic acids is 1. The van der Waals surface area contributed by atoms with Gasteiger partial charge in [-0.25, -0.2) is 4.98 Å². The van der Waals surface area contributed by atoms with E-state index in [1.54, 1.807) is 13.0 Å². The van der Waals surface area contributed by atoms with E-state index in [-0.39, 0.29) is 24.6 Å². The molecule has 2 heterocycles. The van der Waals surface area contributed by atoms with E-state index in [0.717, 1.165) is 12.1 Å². The molecule has 0 aliphatic rings. The molecule has 0 unspecified atom stereocenters. The van der Waals surface area contributed by atoms with E-state index in [2.05, 4.69) is 15.3 Å². The number of H-pyrrole nitrogens is 1. The minimum atomic E-state index is -4.46. The van der Waals surface area contributed by atoms with E-state index in [0.29, 0.717) is 11.9 Å². The molecule has 6 nitrogen and oxygen atoms in total. The van der Waals surface area contributed by atoms with Gasteiger partial charge in [-0.15, -0.1) is 0 Å². The lowest BCUT2D eigenvalue weighted by molar-refractivity contribution is -0.137. The van der Waals surface area contributed by atoms with Gasteiger partial charge in [0.15, 0.2) is 0 Å². The third kappa shape index (κ3) is 4.58. The molecule has 0 fully saturated rings. The lowest BCUT2D eigenvalue weighted by atomic mass is 10.2. The first-order chi connectivity index (χ1) is 11.3. The first kappa shape index (κ1) is 17.5. The van der Waals surface area contributed by atoms with Gasteiger partial charge in [0.2, 0.25) is 5.88 Å². The van der Waals surface area contributed by atoms with Crippen molar-refractivity contribution < 1.29 is 22.7 Å². The van der Waals surface area contributed by atoms with Crippen molar-refractivity contribution in [1.82, 2.24) is 15.3 Å². The van der Waals surface area contributed by atoms with Crippen LogP contribution in [-0.4, -0.2) is 29.0 Å². The molecule has 0 saturated heterocycles. The lowest BCUT2D eigenvalue weighted by Crippen LogP contribution is -2.32. The van der Waals surface area contributed by atoms with E-state index in [1.807, 2.05) is 0 Å². The van der Waals surface area contributed by atoms with Crippen molar-refractivity contribution >= 4 is 5.91 Å². The third-order valence-electron chi connectivity index (χ3n) is 3.00. The highest BCUT2D eigenvalue weighted by molar-refractivity contribution is 5.93. The number of aryl methyl sites for hydroxylation is 1. The average molecular weight is 341 g/mol. The molecule has 2 N–H and O–H groups in total. The number of pyridine rings is 2. The summed E-state index contributed by atoms with van der Waals surface area (Å²) < 4.78 is 42.3. The highest BCUT2D eigenvalue weighted by Crippen LogP contribution is 2.29. The van der Waals surface area contributed by atoms with Crippen molar-refractivity contribution in [3.63, 3.8) is 0 Å². The fraction of sp³-hybridized carbons (Fsp3) is 0.267. The summed E-state index contributed by atoms with van der Waals surface area (Å²) >= 11 is 0. The predicted molar refractivity (Wildman–Crippen MR) is 78.9 cm³/mol. The first-order valence-electron chi connectivity index (χ1n) is 6.91. The molecule has 0 bridgehead atoms. The standard InChI is InChI=1S/C15H14F3N3O3/c1-9-2-4-11(14(23)21-9)13(22)19-6-7-24-12-5-3-10(8-20-12)15(16,17)18/h2-5,8H,6-7H2,1H3,(H,19,22)(H,21,23). The topological polar surface area (TPSA) is 84.1 Å². The molecule has 0 aliphatic carbocycles. The van der Waals surface area contributed by atoms with Crippen LogP contribution in [0.15, 0.2) is 35.3 Å². The van der Waals surface area contributed by atoms with E-state index in [9.17, 15) is 22.8 Å². The molecule has 24 heavy (non-hydrogen) atoms. The van der Waals surface area contributed by atoms with Crippen LogP contribution in [0.5, 0.6) is 5.88 Å². The van der Waals surface area contributed by atoms with Gasteiger partial charge in [-0.1, -0.05) is 0 Å². The Kier molecular flexibility index (Phi) is 5.22. The van der Waals surface area contributed by atoms with Gasteiger partial charge in [-0.05, 0) is 25.1 Å². The summed E-state index contributed by atoms with van der Waals surface area (Å²) in [5, 5.41) is 2.47. The van der Waals surface area contributed by atoms with Crippen molar-refractivity contribution in [2.45, 2.75) is 13.1 Å². The number of amides is 1. The smallest absolute Gasteiger partial charge is 0.417 e. The molecule has 2 aromatic heterocycles. The Hall–Kier alpha value is -2.84. The molecular formula is C15H14F3N3O3. The molecule has 0 atom stereocenters. The number of nitrogens with one attached hydrogen (secondary N) is 2. The number of aromatic amines is 1.